The number of rotatable bonds is 10. The molecule has 3 aromatic rings. The van der Waals surface area contributed by atoms with E-state index in [0.717, 1.165) is 27.1 Å². The summed E-state index contributed by atoms with van der Waals surface area (Å²) in [7, 11) is 0. The van der Waals surface area contributed by atoms with E-state index in [2.05, 4.69) is 39.9 Å². The molecule has 34 heavy (non-hydrogen) atoms. The topological polar surface area (TPSA) is 118 Å². The summed E-state index contributed by atoms with van der Waals surface area (Å²) in [5.41, 5.74) is 6.21. The molecular weight excluding hydrogens is 454 g/mol. The van der Waals surface area contributed by atoms with Gasteiger partial charge in [-0.25, -0.2) is 9.59 Å². The van der Waals surface area contributed by atoms with Crippen LogP contribution in [0.5, 0.6) is 0 Å². The maximum atomic E-state index is 12.2. The quantitative estimate of drug-likeness (QED) is 0.383. The number of hydrogen-bond acceptors (Lipinski definition) is 6. The van der Waals surface area contributed by atoms with Crippen LogP contribution in [0.25, 0.3) is 11.1 Å². The van der Waals surface area contributed by atoms with Gasteiger partial charge in [-0.1, -0.05) is 48.5 Å². The molecule has 1 aliphatic carbocycles. The zero-order chi connectivity index (χ0) is 23.9. The molecule has 0 fully saturated rings. The molecule has 1 aromatic heterocycles. The first-order valence-electron chi connectivity index (χ1n) is 11.0. The Balaban J connectivity index is 1.19. The first-order chi connectivity index (χ1) is 16.5. The lowest BCUT2D eigenvalue weighted by Crippen LogP contribution is -2.42. The summed E-state index contributed by atoms with van der Waals surface area (Å²) < 4.78 is 5.47. The van der Waals surface area contributed by atoms with Crippen LogP contribution in [0.1, 0.15) is 34.8 Å². The highest BCUT2D eigenvalue weighted by Gasteiger charge is 2.29. The SMILES string of the molecule is O=C(CCCNC(=O)OCC1c2ccccc2-c2ccccc21)NC(Cc1cncs1)C(=O)O. The van der Waals surface area contributed by atoms with Gasteiger partial charge < -0.3 is 20.5 Å². The Morgan fingerprint density at radius 1 is 1.06 bits per heavy atom. The summed E-state index contributed by atoms with van der Waals surface area (Å²) >= 11 is 1.34. The highest BCUT2D eigenvalue weighted by Crippen LogP contribution is 2.44. The van der Waals surface area contributed by atoms with Crippen molar-refractivity contribution in [1.29, 1.82) is 0 Å². The maximum Gasteiger partial charge on any atom is 0.407 e. The number of benzene rings is 2. The molecule has 8 nitrogen and oxygen atoms in total. The number of fused-ring (bicyclic) bond motifs is 3. The van der Waals surface area contributed by atoms with E-state index < -0.39 is 18.1 Å². The molecular formula is C25H25N3O5S. The minimum Gasteiger partial charge on any atom is -0.480 e. The number of thiazole rings is 1. The molecule has 0 bridgehead atoms. The lowest BCUT2D eigenvalue weighted by molar-refractivity contribution is -0.141. The molecule has 1 atom stereocenters. The smallest absolute Gasteiger partial charge is 0.407 e. The Morgan fingerprint density at radius 2 is 1.74 bits per heavy atom. The normalized spacial score (nSPS) is 12.9. The number of amides is 2. The van der Waals surface area contributed by atoms with Gasteiger partial charge in [-0.2, -0.15) is 0 Å². The van der Waals surface area contributed by atoms with E-state index in [1.165, 1.54) is 11.3 Å². The van der Waals surface area contributed by atoms with Gasteiger partial charge in [0.05, 0.1) is 5.51 Å². The second kappa shape index (κ2) is 10.9. The number of carboxylic acid groups (broad SMARTS) is 1. The Kier molecular flexibility index (Phi) is 7.54. The fourth-order valence-electron chi connectivity index (χ4n) is 4.10. The van der Waals surface area contributed by atoms with Crippen LogP contribution < -0.4 is 10.6 Å². The van der Waals surface area contributed by atoms with Crippen molar-refractivity contribution < 1.29 is 24.2 Å². The molecule has 0 aliphatic heterocycles. The molecule has 4 rings (SSSR count). The van der Waals surface area contributed by atoms with Crippen molar-refractivity contribution >= 4 is 29.3 Å². The standard InChI is InChI=1S/C25H25N3O5S/c29-23(28-22(24(30)31)12-16-13-26-15-34-16)10-5-11-27-25(32)33-14-21-19-8-3-1-6-17(19)18-7-2-4-9-20(18)21/h1-4,6-9,13,15,21-22H,5,10-12,14H2,(H,27,32)(H,28,29)(H,30,31). The van der Waals surface area contributed by atoms with Gasteiger partial charge in [-0.3, -0.25) is 9.78 Å². The molecule has 0 spiro atoms. The fourth-order valence-corrected chi connectivity index (χ4v) is 4.74. The van der Waals surface area contributed by atoms with Gasteiger partial charge in [0.2, 0.25) is 5.91 Å². The van der Waals surface area contributed by atoms with Crippen LogP contribution in [-0.2, 0) is 20.7 Å². The molecule has 0 saturated heterocycles. The zero-order valence-electron chi connectivity index (χ0n) is 18.4. The molecule has 176 valence electrons. The summed E-state index contributed by atoms with van der Waals surface area (Å²) in [6, 6.07) is 15.2. The summed E-state index contributed by atoms with van der Waals surface area (Å²) in [5, 5.41) is 14.5. The van der Waals surface area contributed by atoms with Crippen LogP contribution in [0.3, 0.4) is 0 Å². The predicted octanol–water partition coefficient (Wildman–Crippen LogP) is 3.57. The van der Waals surface area contributed by atoms with Gasteiger partial charge in [0, 0.05) is 36.4 Å². The molecule has 0 radical (unpaired) electrons. The van der Waals surface area contributed by atoms with E-state index in [1.807, 2.05) is 24.3 Å². The molecule has 1 unspecified atom stereocenters. The van der Waals surface area contributed by atoms with Crippen LogP contribution in [0, 0.1) is 0 Å². The molecule has 3 N–H and O–H groups in total. The number of hydrogen-bond donors (Lipinski definition) is 3. The number of nitrogens with one attached hydrogen (secondary N) is 2. The van der Waals surface area contributed by atoms with E-state index >= 15 is 0 Å². The van der Waals surface area contributed by atoms with Crippen molar-refractivity contribution in [2.75, 3.05) is 13.2 Å². The van der Waals surface area contributed by atoms with Crippen molar-refractivity contribution in [3.63, 3.8) is 0 Å². The maximum absolute atomic E-state index is 12.2. The number of aromatic nitrogens is 1. The Labute approximate surface area is 201 Å². The van der Waals surface area contributed by atoms with Crippen molar-refractivity contribution in [2.45, 2.75) is 31.2 Å². The summed E-state index contributed by atoms with van der Waals surface area (Å²) in [4.78, 5) is 40.4. The summed E-state index contributed by atoms with van der Waals surface area (Å²) in [5.74, 6) is -1.50. The number of nitrogens with zero attached hydrogens (tertiary/aromatic N) is 1. The van der Waals surface area contributed by atoms with E-state index in [4.69, 9.17) is 4.74 Å². The predicted molar refractivity (Wildman–Crippen MR) is 128 cm³/mol. The minimum atomic E-state index is -1.10. The van der Waals surface area contributed by atoms with Gasteiger partial charge in [0.15, 0.2) is 0 Å². The summed E-state index contributed by atoms with van der Waals surface area (Å²) in [6.07, 6.45) is 1.68. The Hall–Kier alpha value is -3.72. The third-order valence-electron chi connectivity index (χ3n) is 5.72. The second-order valence-electron chi connectivity index (χ2n) is 7.99. The summed E-state index contributed by atoms with van der Waals surface area (Å²) in [6.45, 7) is 0.467. The molecule has 1 aliphatic rings. The van der Waals surface area contributed by atoms with Crippen LogP contribution in [0.15, 0.2) is 60.2 Å². The van der Waals surface area contributed by atoms with E-state index in [9.17, 15) is 19.5 Å². The zero-order valence-corrected chi connectivity index (χ0v) is 19.2. The van der Waals surface area contributed by atoms with Gasteiger partial charge >= 0.3 is 12.1 Å². The lowest BCUT2D eigenvalue weighted by Gasteiger charge is -2.15. The van der Waals surface area contributed by atoms with Crippen molar-refractivity contribution in [3.8, 4) is 11.1 Å². The van der Waals surface area contributed by atoms with Gasteiger partial charge in [0.25, 0.3) is 0 Å². The van der Waals surface area contributed by atoms with Gasteiger partial charge in [-0.05, 0) is 28.7 Å². The third-order valence-corrected chi connectivity index (χ3v) is 6.52. The molecule has 9 heteroatoms. The highest BCUT2D eigenvalue weighted by atomic mass is 32.1. The lowest BCUT2D eigenvalue weighted by atomic mass is 9.98. The Morgan fingerprint density at radius 3 is 2.35 bits per heavy atom. The Bertz CT molecular complexity index is 1120. The highest BCUT2D eigenvalue weighted by molar-refractivity contribution is 7.09. The van der Waals surface area contributed by atoms with Gasteiger partial charge in [0.1, 0.15) is 12.6 Å². The number of alkyl carbamates (subject to hydrolysis) is 1. The van der Waals surface area contributed by atoms with Crippen LogP contribution in [0.4, 0.5) is 4.79 Å². The number of ether oxygens (including phenoxy) is 1. The molecule has 0 saturated carbocycles. The van der Waals surface area contributed by atoms with Crippen LogP contribution in [0.2, 0.25) is 0 Å². The number of carbonyl (C=O) groups is 3. The van der Waals surface area contributed by atoms with E-state index in [-0.39, 0.29) is 37.8 Å². The second-order valence-corrected chi connectivity index (χ2v) is 8.96. The van der Waals surface area contributed by atoms with Gasteiger partial charge in [-0.15, -0.1) is 11.3 Å². The van der Waals surface area contributed by atoms with Crippen molar-refractivity contribution in [3.05, 3.63) is 76.2 Å². The van der Waals surface area contributed by atoms with Crippen molar-refractivity contribution in [1.82, 2.24) is 15.6 Å². The third kappa shape index (κ3) is 5.60. The molecule has 1 heterocycles. The molecule has 2 amide bonds. The largest absolute Gasteiger partial charge is 0.480 e. The van der Waals surface area contributed by atoms with Crippen LogP contribution in [-0.4, -0.2) is 47.3 Å². The number of carboxylic acids is 1. The first-order valence-corrected chi connectivity index (χ1v) is 11.9. The average Bonchev–Trinajstić information content (AvgIpc) is 3.46. The first kappa shape index (κ1) is 23.4. The van der Waals surface area contributed by atoms with E-state index in [0.29, 0.717) is 6.42 Å². The number of aliphatic carboxylic acids is 1. The fraction of sp³-hybridized carbons (Fsp3) is 0.280. The number of carbonyl (C=O) groups excluding carboxylic acids is 2. The van der Waals surface area contributed by atoms with E-state index in [1.54, 1.807) is 11.7 Å². The molecule has 2 aromatic carbocycles. The van der Waals surface area contributed by atoms with Crippen LogP contribution >= 0.6 is 11.3 Å². The monoisotopic (exact) mass is 479 g/mol. The minimum absolute atomic E-state index is 0.0181. The average molecular weight is 480 g/mol. The van der Waals surface area contributed by atoms with Crippen molar-refractivity contribution in [2.24, 2.45) is 0 Å².